The Hall–Kier alpha value is -1.40. The summed E-state index contributed by atoms with van der Waals surface area (Å²) >= 11 is 1.42. The van der Waals surface area contributed by atoms with Gasteiger partial charge < -0.3 is 11.5 Å². The van der Waals surface area contributed by atoms with E-state index < -0.39 is 0 Å². The molecule has 0 spiro atoms. The van der Waals surface area contributed by atoms with Crippen molar-refractivity contribution >= 4 is 27.5 Å². The molecule has 0 radical (unpaired) electrons. The van der Waals surface area contributed by atoms with Gasteiger partial charge in [0.05, 0.1) is 5.39 Å². The molecule has 5 nitrogen and oxygen atoms in total. The minimum atomic E-state index is -0.194. The van der Waals surface area contributed by atoms with Crippen LogP contribution in [0.5, 0.6) is 0 Å². The molecule has 0 aliphatic heterocycles. The standard InChI is InChI=1S/C8H10N4OS/c1-3-4(2-9)14-7-5(3)6(13)11-8(10)12-7/h2,9H2,1H3,(H3,10,11,12,13). The van der Waals surface area contributed by atoms with Gasteiger partial charge in [0.1, 0.15) is 4.83 Å². The highest BCUT2D eigenvalue weighted by atomic mass is 32.1. The Bertz CT molecular complexity index is 542. The summed E-state index contributed by atoms with van der Waals surface area (Å²) in [6, 6.07) is 0. The summed E-state index contributed by atoms with van der Waals surface area (Å²) in [4.78, 5) is 19.7. The van der Waals surface area contributed by atoms with Gasteiger partial charge in [0, 0.05) is 11.4 Å². The van der Waals surface area contributed by atoms with Crippen LogP contribution in [-0.2, 0) is 6.54 Å². The average molecular weight is 210 g/mol. The first-order valence-electron chi connectivity index (χ1n) is 4.11. The fraction of sp³-hybridized carbons (Fsp3) is 0.250. The minimum Gasteiger partial charge on any atom is -0.369 e. The first kappa shape index (κ1) is 9.17. The van der Waals surface area contributed by atoms with E-state index in [0.717, 1.165) is 10.4 Å². The number of hydrogen-bond donors (Lipinski definition) is 3. The van der Waals surface area contributed by atoms with Crippen LogP contribution in [-0.4, -0.2) is 9.97 Å². The number of anilines is 1. The second kappa shape index (κ2) is 3.07. The van der Waals surface area contributed by atoms with Gasteiger partial charge in [-0.15, -0.1) is 11.3 Å². The molecule has 2 heterocycles. The molecule has 0 aliphatic rings. The number of aromatic amines is 1. The Morgan fingerprint density at radius 1 is 1.57 bits per heavy atom. The molecular weight excluding hydrogens is 200 g/mol. The summed E-state index contributed by atoms with van der Waals surface area (Å²) in [5, 5.41) is 0.602. The molecule has 0 unspecified atom stereocenters. The van der Waals surface area contributed by atoms with Crippen molar-refractivity contribution in [1.82, 2.24) is 9.97 Å². The first-order valence-corrected chi connectivity index (χ1v) is 4.93. The van der Waals surface area contributed by atoms with Crippen LogP contribution in [0, 0.1) is 6.92 Å². The normalized spacial score (nSPS) is 11.0. The van der Waals surface area contributed by atoms with Crippen LogP contribution in [0.4, 0.5) is 5.95 Å². The van der Waals surface area contributed by atoms with Crippen molar-refractivity contribution in [2.45, 2.75) is 13.5 Å². The first-order chi connectivity index (χ1) is 6.63. The summed E-state index contributed by atoms with van der Waals surface area (Å²) in [7, 11) is 0. The fourth-order valence-corrected chi connectivity index (χ4v) is 2.46. The van der Waals surface area contributed by atoms with E-state index in [1.54, 1.807) is 0 Å². The highest BCUT2D eigenvalue weighted by molar-refractivity contribution is 7.18. The third-order valence-electron chi connectivity index (χ3n) is 2.10. The van der Waals surface area contributed by atoms with Crippen molar-refractivity contribution in [3.63, 3.8) is 0 Å². The summed E-state index contributed by atoms with van der Waals surface area (Å²) < 4.78 is 0. The zero-order valence-corrected chi connectivity index (χ0v) is 8.44. The fourth-order valence-electron chi connectivity index (χ4n) is 1.40. The number of aromatic nitrogens is 2. The summed E-state index contributed by atoms with van der Waals surface area (Å²) in [6.45, 7) is 2.29. The van der Waals surface area contributed by atoms with Gasteiger partial charge in [-0.25, -0.2) is 4.98 Å². The highest BCUT2D eigenvalue weighted by Crippen LogP contribution is 2.26. The van der Waals surface area contributed by atoms with Crippen molar-refractivity contribution in [3.8, 4) is 0 Å². The quantitative estimate of drug-likeness (QED) is 0.632. The van der Waals surface area contributed by atoms with Crippen LogP contribution in [0.25, 0.3) is 10.2 Å². The number of nitrogens with one attached hydrogen (secondary N) is 1. The number of nitrogens with two attached hydrogens (primary N) is 2. The van der Waals surface area contributed by atoms with E-state index >= 15 is 0 Å². The van der Waals surface area contributed by atoms with Crippen LogP contribution >= 0.6 is 11.3 Å². The third kappa shape index (κ3) is 1.19. The van der Waals surface area contributed by atoms with Crippen molar-refractivity contribution < 1.29 is 0 Å². The molecule has 0 fully saturated rings. The molecule has 0 amide bonds. The van der Waals surface area contributed by atoms with E-state index in [1.165, 1.54) is 11.3 Å². The molecule has 74 valence electrons. The molecule has 0 bridgehead atoms. The third-order valence-corrected chi connectivity index (χ3v) is 3.31. The van der Waals surface area contributed by atoms with Gasteiger partial charge in [0.25, 0.3) is 5.56 Å². The molecule has 0 saturated carbocycles. The SMILES string of the molecule is Cc1c(CN)sc2nc(N)[nH]c(=O)c12. The van der Waals surface area contributed by atoms with Gasteiger partial charge in [-0.1, -0.05) is 0 Å². The van der Waals surface area contributed by atoms with Crippen LogP contribution in [0.15, 0.2) is 4.79 Å². The van der Waals surface area contributed by atoms with E-state index in [-0.39, 0.29) is 11.5 Å². The maximum absolute atomic E-state index is 11.5. The molecule has 5 N–H and O–H groups in total. The second-order valence-electron chi connectivity index (χ2n) is 2.99. The van der Waals surface area contributed by atoms with E-state index in [4.69, 9.17) is 11.5 Å². The zero-order valence-electron chi connectivity index (χ0n) is 7.63. The Kier molecular flexibility index (Phi) is 2.01. The molecule has 2 aromatic rings. The van der Waals surface area contributed by atoms with Crippen LogP contribution in [0.1, 0.15) is 10.4 Å². The lowest BCUT2D eigenvalue weighted by Crippen LogP contribution is -2.10. The molecule has 6 heteroatoms. The number of fused-ring (bicyclic) bond motifs is 1. The van der Waals surface area contributed by atoms with Crippen molar-refractivity contribution in [2.75, 3.05) is 5.73 Å². The van der Waals surface area contributed by atoms with Gasteiger partial charge >= 0.3 is 0 Å². The monoisotopic (exact) mass is 210 g/mol. The van der Waals surface area contributed by atoms with Crippen LogP contribution in [0.3, 0.4) is 0 Å². The Morgan fingerprint density at radius 3 is 2.93 bits per heavy atom. The van der Waals surface area contributed by atoms with E-state index in [1.807, 2.05) is 6.92 Å². The maximum atomic E-state index is 11.5. The van der Waals surface area contributed by atoms with Gasteiger partial charge in [-0.05, 0) is 12.5 Å². The summed E-state index contributed by atoms with van der Waals surface area (Å²) in [5.41, 5.74) is 11.7. The number of thiophene rings is 1. The molecule has 2 rings (SSSR count). The van der Waals surface area contributed by atoms with Crippen molar-refractivity contribution in [1.29, 1.82) is 0 Å². The van der Waals surface area contributed by atoms with Gasteiger partial charge in [-0.2, -0.15) is 0 Å². The zero-order chi connectivity index (χ0) is 10.3. The number of nitrogens with zero attached hydrogens (tertiary/aromatic N) is 1. The van der Waals surface area contributed by atoms with E-state index in [0.29, 0.717) is 16.8 Å². The predicted octanol–water partition coefficient (Wildman–Crippen LogP) is 0.334. The smallest absolute Gasteiger partial charge is 0.261 e. The molecule has 0 saturated heterocycles. The van der Waals surface area contributed by atoms with E-state index in [9.17, 15) is 4.79 Å². The van der Waals surface area contributed by atoms with Crippen LogP contribution < -0.4 is 17.0 Å². The minimum absolute atomic E-state index is 0.146. The molecule has 14 heavy (non-hydrogen) atoms. The molecule has 0 atom stereocenters. The van der Waals surface area contributed by atoms with Gasteiger partial charge in [-0.3, -0.25) is 9.78 Å². The summed E-state index contributed by atoms with van der Waals surface area (Å²) in [5.74, 6) is 0.146. The Labute approximate surface area is 83.8 Å². The number of aryl methyl sites for hydroxylation is 1. The topological polar surface area (TPSA) is 97.8 Å². The molecule has 0 aromatic carbocycles. The maximum Gasteiger partial charge on any atom is 0.261 e. The lowest BCUT2D eigenvalue weighted by Gasteiger charge is -1.93. The lowest BCUT2D eigenvalue weighted by molar-refractivity contribution is 1.09. The predicted molar refractivity (Wildman–Crippen MR) is 57.3 cm³/mol. The Balaban J connectivity index is 2.92. The van der Waals surface area contributed by atoms with Crippen LogP contribution in [0.2, 0.25) is 0 Å². The van der Waals surface area contributed by atoms with Gasteiger partial charge in [0.15, 0.2) is 0 Å². The molecule has 2 aromatic heterocycles. The largest absolute Gasteiger partial charge is 0.369 e. The van der Waals surface area contributed by atoms with E-state index in [2.05, 4.69) is 9.97 Å². The summed E-state index contributed by atoms with van der Waals surface area (Å²) in [6.07, 6.45) is 0. The molecular formula is C8H10N4OS. The average Bonchev–Trinajstić information content (AvgIpc) is 2.42. The lowest BCUT2D eigenvalue weighted by atomic mass is 10.2. The Morgan fingerprint density at radius 2 is 2.29 bits per heavy atom. The highest BCUT2D eigenvalue weighted by Gasteiger charge is 2.11. The number of rotatable bonds is 1. The molecule has 0 aliphatic carbocycles. The van der Waals surface area contributed by atoms with Crippen molar-refractivity contribution in [3.05, 3.63) is 20.8 Å². The number of H-pyrrole nitrogens is 1. The second-order valence-corrected chi connectivity index (χ2v) is 4.07. The van der Waals surface area contributed by atoms with Gasteiger partial charge in [0.2, 0.25) is 5.95 Å². The van der Waals surface area contributed by atoms with Crippen molar-refractivity contribution in [2.24, 2.45) is 5.73 Å². The number of hydrogen-bond acceptors (Lipinski definition) is 5. The number of nitrogen functional groups attached to an aromatic ring is 1.